The smallest absolute Gasteiger partial charge is 0.166 e. The van der Waals surface area contributed by atoms with Crippen LogP contribution in [0.25, 0.3) is 33.3 Å². The SMILES string of the molecule is Nc1nc2ccc(-c3ccc(Oc4ccccc4)cc3)c(-c3ccc(Oc4ccccc4)cc3)c2nc1N. The van der Waals surface area contributed by atoms with Crippen LogP contribution >= 0.6 is 0 Å². The number of para-hydroxylation sites is 2. The molecule has 1 aromatic heterocycles. The summed E-state index contributed by atoms with van der Waals surface area (Å²) in [6.07, 6.45) is 0. The molecule has 0 unspecified atom stereocenters. The molecular weight excluding hydrogens is 472 g/mol. The zero-order valence-corrected chi connectivity index (χ0v) is 20.4. The molecule has 0 saturated heterocycles. The van der Waals surface area contributed by atoms with Crippen LogP contribution in [0, 0.1) is 0 Å². The van der Waals surface area contributed by atoms with E-state index in [9.17, 15) is 0 Å². The Balaban J connectivity index is 1.41. The lowest BCUT2D eigenvalue weighted by Gasteiger charge is -2.15. The molecule has 4 N–H and O–H groups in total. The molecule has 1 heterocycles. The molecule has 0 atom stereocenters. The Hall–Kier alpha value is -5.36. The molecule has 0 fully saturated rings. The van der Waals surface area contributed by atoms with Crippen molar-refractivity contribution in [2.75, 3.05) is 11.5 Å². The fourth-order valence-corrected chi connectivity index (χ4v) is 4.32. The Bertz CT molecular complexity index is 1700. The van der Waals surface area contributed by atoms with E-state index in [4.69, 9.17) is 20.9 Å². The highest BCUT2D eigenvalue weighted by atomic mass is 16.5. The number of nitrogens with zero attached hydrogens (tertiary/aromatic N) is 2. The first-order chi connectivity index (χ1) is 18.6. The number of fused-ring (bicyclic) bond motifs is 1. The van der Waals surface area contributed by atoms with Crippen LogP contribution in [0.4, 0.5) is 11.6 Å². The van der Waals surface area contributed by atoms with E-state index in [1.807, 2.05) is 121 Å². The van der Waals surface area contributed by atoms with Crippen LogP contribution in [0.15, 0.2) is 121 Å². The maximum absolute atomic E-state index is 6.09. The van der Waals surface area contributed by atoms with Gasteiger partial charge in [0.1, 0.15) is 23.0 Å². The number of hydrogen-bond acceptors (Lipinski definition) is 6. The first-order valence-electron chi connectivity index (χ1n) is 12.2. The molecule has 6 aromatic rings. The molecule has 0 aliphatic carbocycles. The Morgan fingerprint density at radius 2 is 0.921 bits per heavy atom. The summed E-state index contributed by atoms with van der Waals surface area (Å²) in [5.74, 6) is 3.46. The number of benzene rings is 5. The van der Waals surface area contributed by atoms with E-state index in [1.54, 1.807) is 0 Å². The summed E-state index contributed by atoms with van der Waals surface area (Å²) in [6, 6.07) is 39.2. The number of nitrogen functional groups attached to an aromatic ring is 2. The van der Waals surface area contributed by atoms with Gasteiger partial charge >= 0.3 is 0 Å². The van der Waals surface area contributed by atoms with Crippen molar-refractivity contribution < 1.29 is 9.47 Å². The van der Waals surface area contributed by atoms with Gasteiger partial charge in [0.15, 0.2) is 11.6 Å². The number of rotatable bonds is 6. The number of hydrogen-bond donors (Lipinski definition) is 2. The second kappa shape index (κ2) is 9.95. The second-order valence-corrected chi connectivity index (χ2v) is 8.73. The van der Waals surface area contributed by atoms with Gasteiger partial charge in [-0.15, -0.1) is 0 Å². The van der Waals surface area contributed by atoms with Gasteiger partial charge in [-0.3, -0.25) is 0 Å². The first kappa shape index (κ1) is 23.1. The van der Waals surface area contributed by atoms with Crippen molar-refractivity contribution in [3.63, 3.8) is 0 Å². The van der Waals surface area contributed by atoms with E-state index in [0.717, 1.165) is 45.3 Å². The van der Waals surface area contributed by atoms with E-state index in [1.165, 1.54) is 0 Å². The number of ether oxygens (including phenoxy) is 2. The zero-order chi connectivity index (χ0) is 25.9. The summed E-state index contributed by atoms with van der Waals surface area (Å²) in [5, 5.41) is 0. The molecule has 0 amide bonds. The summed E-state index contributed by atoms with van der Waals surface area (Å²) < 4.78 is 12.0. The molecule has 6 rings (SSSR count). The topological polar surface area (TPSA) is 96.3 Å². The molecule has 0 aliphatic heterocycles. The van der Waals surface area contributed by atoms with Crippen molar-refractivity contribution in [3.8, 4) is 45.3 Å². The lowest BCUT2D eigenvalue weighted by Crippen LogP contribution is -2.02. The normalized spacial score (nSPS) is 10.8. The molecule has 0 saturated carbocycles. The van der Waals surface area contributed by atoms with Gasteiger partial charge < -0.3 is 20.9 Å². The van der Waals surface area contributed by atoms with Gasteiger partial charge in [0, 0.05) is 5.56 Å². The fraction of sp³-hybridized carbons (Fsp3) is 0. The van der Waals surface area contributed by atoms with E-state index in [0.29, 0.717) is 11.0 Å². The van der Waals surface area contributed by atoms with E-state index < -0.39 is 0 Å². The molecule has 6 heteroatoms. The average Bonchev–Trinajstić information content (AvgIpc) is 2.95. The van der Waals surface area contributed by atoms with Crippen molar-refractivity contribution in [1.29, 1.82) is 0 Å². The third-order valence-corrected chi connectivity index (χ3v) is 6.16. The molecule has 0 spiro atoms. The van der Waals surface area contributed by atoms with Crippen molar-refractivity contribution >= 4 is 22.7 Å². The maximum Gasteiger partial charge on any atom is 0.166 e. The van der Waals surface area contributed by atoms with E-state index in [-0.39, 0.29) is 11.6 Å². The Morgan fingerprint density at radius 1 is 0.447 bits per heavy atom. The Labute approximate surface area is 220 Å². The van der Waals surface area contributed by atoms with Crippen molar-refractivity contribution in [3.05, 3.63) is 121 Å². The van der Waals surface area contributed by atoms with Gasteiger partial charge in [0.05, 0.1) is 11.0 Å². The van der Waals surface area contributed by atoms with Crippen LogP contribution in [0.3, 0.4) is 0 Å². The molecule has 38 heavy (non-hydrogen) atoms. The minimum atomic E-state index is 0.201. The lowest BCUT2D eigenvalue weighted by atomic mass is 9.93. The van der Waals surface area contributed by atoms with Gasteiger partial charge in [-0.05, 0) is 71.3 Å². The largest absolute Gasteiger partial charge is 0.457 e. The number of anilines is 2. The van der Waals surface area contributed by atoms with Gasteiger partial charge in [0.2, 0.25) is 0 Å². The Morgan fingerprint density at radius 3 is 1.47 bits per heavy atom. The molecule has 0 bridgehead atoms. The summed E-state index contributed by atoms with van der Waals surface area (Å²) in [4.78, 5) is 9.11. The third kappa shape index (κ3) is 4.70. The van der Waals surface area contributed by atoms with Crippen LogP contribution in [0.5, 0.6) is 23.0 Å². The quantitative estimate of drug-likeness (QED) is 0.245. The van der Waals surface area contributed by atoms with Crippen LogP contribution in [-0.2, 0) is 0 Å². The van der Waals surface area contributed by atoms with Crippen LogP contribution in [0.1, 0.15) is 0 Å². The number of aromatic nitrogens is 2. The van der Waals surface area contributed by atoms with E-state index >= 15 is 0 Å². The molecule has 6 nitrogen and oxygen atoms in total. The highest BCUT2D eigenvalue weighted by molar-refractivity contribution is 6.01. The molecule has 0 aliphatic rings. The summed E-state index contributed by atoms with van der Waals surface area (Å²) in [5.41, 5.74) is 17.3. The molecular formula is C32H24N4O2. The first-order valence-corrected chi connectivity index (χ1v) is 12.2. The van der Waals surface area contributed by atoms with Crippen LogP contribution < -0.4 is 20.9 Å². The monoisotopic (exact) mass is 496 g/mol. The lowest BCUT2D eigenvalue weighted by molar-refractivity contribution is 0.482. The van der Waals surface area contributed by atoms with Gasteiger partial charge in [-0.1, -0.05) is 66.7 Å². The third-order valence-electron chi connectivity index (χ3n) is 6.16. The fourth-order valence-electron chi connectivity index (χ4n) is 4.32. The summed E-state index contributed by atoms with van der Waals surface area (Å²) in [7, 11) is 0. The predicted molar refractivity (Wildman–Crippen MR) is 152 cm³/mol. The highest BCUT2D eigenvalue weighted by Gasteiger charge is 2.16. The Kier molecular flexibility index (Phi) is 6.04. The second-order valence-electron chi connectivity index (χ2n) is 8.73. The molecule has 5 aromatic carbocycles. The van der Waals surface area contributed by atoms with Gasteiger partial charge in [-0.2, -0.15) is 0 Å². The van der Waals surface area contributed by atoms with Crippen LogP contribution in [0.2, 0.25) is 0 Å². The minimum Gasteiger partial charge on any atom is -0.457 e. The highest BCUT2D eigenvalue weighted by Crippen LogP contribution is 2.39. The molecule has 184 valence electrons. The van der Waals surface area contributed by atoms with E-state index in [2.05, 4.69) is 9.97 Å². The van der Waals surface area contributed by atoms with Crippen LogP contribution in [-0.4, -0.2) is 9.97 Å². The summed E-state index contributed by atoms with van der Waals surface area (Å²) in [6.45, 7) is 0. The van der Waals surface area contributed by atoms with Crippen molar-refractivity contribution in [2.24, 2.45) is 0 Å². The minimum absolute atomic E-state index is 0.201. The average molecular weight is 497 g/mol. The molecule has 0 radical (unpaired) electrons. The summed E-state index contributed by atoms with van der Waals surface area (Å²) >= 11 is 0. The zero-order valence-electron chi connectivity index (χ0n) is 20.4. The van der Waals surface area contributed by atoms with Crippen molar-refractivity contribution in [1.82, 2.24) is 9.97 Å². The van der Waals surface area contributed by atoms with Crippen molar-refractivity contribution in [2.45, 2.75) is 0 Å². The van der Waals surface area contributed by atoms with Gasteiger partial charge in [0.25, 0.3) is 0 Å². The standard InChI is InChI=1S/C32H24N4O2/c33-31-32(34)36-30-28(35-31)20-19-27(21-11-15-25(16-12-21)37-23-7-3-1-4-8-23)29(30)22-13-17-26(18-14-22)38-24-9-5-2-6-10-24/h1-20H,(H2,33,35)(H2,34,36). The van der Waals surface area contributed by atoms with Gasteiger partial charge in [-0.25, -0.2) is 9.97 Å². The predicted octanol–water partition coefficient (Wildman–Crippen LogP) is 7.71. The number of nitrogens with two attached hydrogens (primary N) is 2. The maximum atomic E-state index is 6.09.